The summed E-state index contributed by atoms with van der Waals surface area (Å²) in [4.78, 5) is 45.5. The molecule has 2 heterocycles. The van der Waals surface area contributed by atoms with Crippen molar-refractivity contribution in [3.05, 3.63) is 35.8 Å². The molecular formula is C35H49FN6O6. The molecule has 0 atom stereocenters. The first-order chi connectivity index (χ1) is 22.2. The third kappa shape index (κ3) is 8.73. The first-order valence-electron chi connectivity index (χ1n) is 16.4. The maximum absolute atomic E-state index is 14.9. The maximum Gasteiger partial charge on any atom is 0.425 e. The largest absolute Gasteiger partial charge is 0.444 e. The van der Waals surface area contributed by atoms with E-state index >= 15 is 0 Å². The van der Waals surface area contributed by atoms with E-state index in [2.05, 4.69) is 5.32 Å². The smallest absolute Gasteiger partial charge is 0.425 e. The Labute approximate surface area is 281 Å². The Morgan fingerprint density at radius 1 is 0.938 bits per heavy atom. The number of ether oxygens (including phenoxy) is 3. The minimum Gasteiger partial charge on any atom is -0.444 e. The van der Waals surface area contributed by atoms with E-state index in [1.807, 2.05) is 27.7 Å². The highest BCUT2D eigenvalue weighted by Gasteiger charge is 2.38. The molecule has 3 N–H and O–H groups in total. The van der Waals surface area contributed by atoms with Gasteiger partial charge < -0.3 is 25.3 Å². The Hall–Kier alpha value is -4.42. The number of halogens is 1. The first kappa shape index (κ1) is 36.4. The minimum atomic E-state index is -0.981. The second kappa shape index (κ2) is 13.6. The molecule has 0 aliphatic heterocycles. The van der Waals surface area contributed by atoms with Crippen LogP contribution in [-0.4, -0.2) is 55.9 Å². The fourth-order valence-electron chi connectivity index (χ4n) is 5.68. The molecule has 13 heteroatoms. The van der Waals surface area contributed by atoms with Crippen LogP contribution in [-0.2, 0) is 20.8 Å². The van der Waals surface area contributed by atoms with Crippen LogP contribution in [0.5, 0.6) is 0 Å². The molecule has 3 aromatic rings. The minimum absolute atomic E-state index is 0.0141. The number of fused-ring (bicyclic) bond motifs is 1. The lowest BCUT2D eigenvalue weighted by Crippen LogP contribution is -2.44. The summed E-state index contributed by atoms with van der Waals surface area (Å²) in [6, 6.07) is 4.29. The molecule has 0 unspecified atom stereocenters. The van der Waals surface area contributed by atoms with Crippen LogP contribution in [0.3, 0.4) is 0 Å². The van der Waals surface area contributed by atoms with E-state index in [0.29, 0.717) is 41.5 Å². The van der Waals surface area contributed by atoms with Gasteiger partial charge in [-0.1, -0.05) is 6.07 Å². The Bertz CT molecular complexity index is 1650. The lowest BCUT2D eigenvalue weighted by atomic mass is 9.81. The predicted molar refractivity (Wildman–Crippen MR) is 182 cm³/mol. The summed E-state index contributed by atoms with van der Waals surface area (Å²) < 4.78 is 33.4. The van der Waals surface area contributed by atoms with Crippen LogP contribution in [0.4, 0.5) is 30.3 Å². The van der Waals surface area contributed by atoms with Crippen LogP contribution in [0.15, 0.2) is 24.4 Å². The molecular weight excluding hydrogens is 619 g/mol. The maximum atomic E-state index is 14.9. The lowest BCUT2D eigenvalue weighted by molar-refractivity contribution is 0.0425. The number of benzene rings is 1. The average Bonchev–Trinajstić information content (AvgIpc) is 3.32. The number of nitrogens with one attached hydrogen (secondary N) is 1. The highest BCUT2D eigenvalue weighted by molar-refractivity contribution is 6.16. The summed E-state index contributed by atoms with van der Waals surface area (Å²) in [6.45, 7) is 18.0. The number of hydrogen-bond donors (Lipinski definition) is 2. The number of amides is 3. The molecule has 4 rings (SSSR count). The first-order valence-corrected chi connectivity index (χ1v) is 16.4. The second-order valence-corrected chi connectivity index (χ2v) is 15.2. The van der Waals surface area contributed by atoms with Gasteiger partial charge in [0.25, 0.3) is 0 Å². The van der Waals surface area contributed by atoms with Gasteiger partial charge in [0.15, 0.2) is 5.82 Å². The number of aryl methyl sites for hydroxylation is 1. The molecule has 0 saturated heterocycles. The number of nitrogens with zero attached hydrogens (tertiary/aromatic N) is 4. The molecule has 0 spiro atoms. The number of nitrogen functional groups attached to an aromatic ring is 1. The summed E-state index contributed by atoms with van der Waals surface area (Å²) in [7, 11) is 0. The molecule has 0 radical (unpaired) electrons. The molecule has 0 bridgehead atoms. The van der Waals surface area contributed by atoms with Crippen molar-refractivity contribution in [1.82, 2.24) is 20.1 Å². The fourth-order valence-corrected chi connectivity index (χ4v) is 5.68. The van der Waals surface area contributed by atoms with Crippen LogP contribution in [0, 0.1) is 5.82 Å². The van der Waals surface area contributed by atoms with E-state index in [9.17, 15) is 18.8 Å². The Kier molecular flexibility index (Phi) is 10.3. The Morgan fingerprint density at radius 2 is 1.50 bits per heavy atom. The molecule has 12 nitrogen and oxygen atoms in total. The molecule has 1 aromatic carbocycles. The van der Waals surface area contributed by atoms with Gasteiger partial charge >= 0.3 is 18.3 Å². The van der Waals surface area contributed by atoms with Crippen LogP contribution in [0.2, 0.25) is 0 Å². The molecule has 1 aliphatic rings. The molecule has 3 amide bonds. The van der Waals surface area contributed by atoms with E-state index in [0.717, 1.165) is 23.3 Å². The SMILES string of the molecule is CCn1nc(-c2ccc(N)c(F)c2)c2c(N(C(=O)OC(C)(C)C)C(=O)OC(C)(C)C)ncc(C3CCC(NC(=O)OC(C)(C)C)CC3)c21. The van der Waals surface area contributed by atoms with Crippen molar-refractivity contribution in [2.75, 3.05) is 10.6 Å². The number of carbonyl (C=O) groups is 3. The number of hydrogen-bond acceptors (Lipinski definition) is 9. The summed E-state index contributed by atoms with van der Waals surface area (Å²) >= 11 is 0. The van der Waals surface area contributed by atoms with Gasteiger partial charge in [-0.05, 0) is 119 Å². The molecule has 262 valence electrons. The van der Waals surface area contributed by atoms with Crippen molar-refractivity contribution < 1.29 is 33.0 Å². The van der Waals surface area contributed by atoms with Gasteiger partial charge in [-0.25, -0.2) is 23.8 Å². The number of anilines is 2. The van der Waals surface area contributed by atoms with Crippen molar-refractivity contribution in [3.63, 3.8) is 0 Å². The number of pyridine rings is 1. The molecule has 48 heavy (non-hydrogen) atoms. The van der Waals surface area contributed by atoms with Crippen LogP contribution >= 0.6 is 0 Å². The topological polar surface area (TPSA) is 151 Å². The highest BCUT2D eigenvalue weighted by Crippen LogP contribution is 2.43. The zero-order valence-electron chi connectivity index (χ0n) is 29.7. The number of carbonyl (C=O) groups excluding carboxylic acids is 3. The third-order valence-corrected chi connectivity index (χ3v) is 7.60. The van der Waals surface area contributed by atoms with E-state index in [-0.39, 0.29) is 23.5 Å². The van der Waals surface area contributed by atoms with Gasteiger partial charge in [-0.3, -0.25) is 4.68 Å². The van der Waals surface area contributed by atoms with Gasteiger partial charge in [0, 0.05) is 24.3 Å². The average molecular weight is 669 g/mol. The number of aromatic nitrogens is 3. The number of rotatable bonds is 5. The third-order valence-electron chi connectivity index (χ3n) is 7.60. The standard InChI is InChI=1S/C35H49FN6O6/c1-11-41-28-23(20-12-15-22(16-13-20)39-30(43)46-33(2,3)4)19-38-29(26(28)27(40-41)21-14-17-25(37)24(36)18-21)42(31(44)47-34(5,6)7)32(45)48-35(8,9)10/h14,17-20,22H,11-13,15-16,37H2,1-10H3,(H,39,43). The van der Waals surface area contributed by atoms with E-state index in [1.165, 1.54) is 12.1 Å². The van der Waals surface area contributed by atoms with Crippen molar-refractivity contribution in [1.29, 1.82) is 0 Å². The van der Waals surface area contributed by atoms with Gasteiger partial charge in [0.2, 0.25) is 0 Å². The fraction of sp³-hybridized carbons (Fsp3) is 0.571. The highest BCUT2D eigenvalue weighted by atomic mass is 19.1. The van der Waals surface area contributed by atoms with Gasteiger partial charge in [-0.15, -0.1) is 0 Å². The van der Waals surface area contributed by atoms with Gasteiger partial charge in [0.1, 0.15) is 28.3 Å². The summed E-state index contributed by atoms with van der Waals surface area (Å²) in [6.07, 6.45) is 2.09. The number of imide groups is 1. The lowest BCUT2D eigenvalue weighted by Gasteiger charge is -2.31. The Morgan fingerprint density at radius 3 is 2.00 bits per heavy atom. The van der Waals surface area contributed by atoms with Crippen LogP contribution < -0.4 is 16.0 Å². The Balaban J connectivity index is 1.88. The zero-order valence-corrected chi connectivity index (χ0v) is 29.7. The van der Waals surface area contributed by atoms with E-state index in [1.54, 1.807) is 58.5 Å². The second-order valence-electron chi connectivity index (χ2n) is 15.2. The normalized spacial score (nSPS) is 17.1. The van der Waals surface area contributed by atoms with E-state index < -0.39 is 40.9 Å². The molecule has 1 aliphatic carbocycles. The van der Waals surface area contributed by atoms with E-state index in [4.69, 9.17) is 30.0 Å². The number of nitrogens with two attached hydrogens (primary N) is 1. The quantitative estimate of drug-likeness (QED) is 0.203. The van der Waals surface area contributed by atoms with Gasteiger partial charge in [-0.2, -0.15) is 10.00 Å². The zero-order chi connectivity index (χ0) is 35.8. The summed E-state index contributed by atoms with van der Waals surface area (Å²) in [5, 5.41) is 8.21. The number of alkyl carbamates (subject to hydrolysis) is 1. The van der Waals surface area contributed by atoms with Crippen LogP contribution in [0.1, 0.15) is 106 Å². The summed E-state index contributed by atoms with van der Waals surface area (Å²) in [5.41, 5.74) is 5.48. The molecule has 1 saturated carbocycles. The van der Waals surface area contributed by atoms with Crippen molar-refractivity contribution in [3.8, 4) is 11.3 Å². The summed E-state index contributed by atoms with van der Waals surface area (Å²) in [5.74, 6) is -0.672. The molecule has 1 fully saturated rings. The van der Waals surface area contributed by atoms with Crippen LogP contribution in [0.25, 0.3) is 22.2 Å². The predicted octanol–water partition coefficient (Wildman–Crippen LogP) is 8.07. The van der Waals surface area contributed by atoms with Crippen molar-refractivity contribution >= 4 is 40.7 Å². The molecule has 2 aromatic heterocycles. The van der Waals surface area contributed by atoms with Crippen molar-refractivity contribution in [2.24, 2.45) is 0 Å². The van der Waals surface area contributed by atoms with Crippen molar-refractivity contribution in [2.45, 2.75) is 130 Å². The van der Waals surface area contributed by atoms with Gasteiger partial charge in [0.05, 0.1) is 16.6 Å². The monoisotopic (exact) mass is 668 g/mol.